The van der Waals surface area contributed by atoms with E-state index in [0.717, 1.165) is 11.1 Å². The Morgan fingerprint density at radius 3 is 2.53 bits per heavy atom. The fourth-order valence-electron chi connectivity index (χ4n) is 3.06. The number of nitrogens with zero attached hydrogens (tertiary/aromatic N) is 2. The molecule has 0 bridgehead atoms. The molecule has 0 saturated carbocycles. The smallest absolute Gasteiger partial charge is 0.271 e. The monoisotopic (exact) mass is 457 g/mol. The Morgan fingerprint density at radius 2 is 1.85 bits per heavy atom. The van der Waals surface area contributed by atoms with Crippen LogP contribution in [-0.2, 0) is 11.4 Å². The van der Waals surface area contributed by atoms with Gasteiger partial charge in [0.25, 0.3) is 11.6 Å². The first-order valence-electron chi connectivity index (χ1n) is 10.5. The number of carbonyl (C=O) groups excluding carboxylic acids is 1. The number of rotatable bonds is 9. The number of hydrogen-bond donors (Lipinski definition) is 1. The summed E-state index contributed by atoms with van der Waals surface area (Å²) in [7, 11) is 0. The van der Waals surface area contributed by atoms with Crippen LogP contribution < -0.4 is 14.8 Å². The second-order valence-electron chi connectivity index (χ2n) is 7.34. The number of aryl methyl sites for hydroxylation is 1. The highest BCUT2D eigenvalue weighted by Gasteiger charge is 2.13. The lowest BCUT2D eigenvalue weighted by molar-refractivity contribution is -0.384. The normalized spacial score (nSPS) is 10.8. The number of ether oxygens (including phenoxy) is 2. The van der Waals surface area contributed by atoms with Gasteiger partial charge in [-0.25, -0.2) is 0 Å². The van der Waals surface area contributed by atoms with Crippen LogP contribution >= 0.6 is 0 Å². The van der Waals surface area contributed by atoms with Gasteiger partial charge in [0.2, 0.25) is 0 Å². The molecule has 0 saturated heterocycles. The van der Waals surface area contributed by atoms with E-state index in [4.69, 9.17) is 9.47 Å². The third-order valence-corrected chi connectivity index (χ3v) is 4.77. The van der Waals surface area contributed by atoms with E-state index in [1.165, 1.54) is 30.3 Å². The van der Waals surface area contributed by atoms with Crippen molar-refractivity contribution < 1.29 is 19.2 Å². The molecule has 8 nitrogen and oxygen atoms in total. The third-order valence-electron chi connectivity index (χ3n) is 4.77. The van der Waals surface area contributed by atoms with Crippen LogP contribution in [0, 0.1) is 28.4 Å². The molecule has 0 aliphatic heterocycles. The molecule has 0 spiro atoms. The predicted octanol–water partition coefficient (Wildman–Crippen LogP) is 5.43. The Hall–Kier alpha value is -4.64. The second-order valence-corrected chi connectivity index (χ2v) is 7.34. The maximum atomic E-state index is 12.6. The first-order valence-corrected chi connectivity index (χ1v) is 10.5. The molecule has 1 amide bonds. The average molecular weight is 457 g/mol. The molecule has 0 fully saturated rings. The summed E-state index contributed by atoms with van der Waals surface area (Å²) in [4.78, 5) is 22.9. The summed E-state index contributed by atoms with van der Waals surface area (Å²) in [6, 6.07) is 20.5. The van der Waals surface area contributed by atoms with Gasteiger partial charge in [-0.05, 0) is 49.2 Å². The highest BCUT2D eigenvalue weighted by Crippen LogP contribution is 2.30. The zero-order valence-electron chi connectivity index (χ0n) is 18.8. The largest absolute Gasteiger partial charge is 0.490 e. The first-order chi connectivity index (χ1) is 16.4. The number of anilines is 1. The number of nitro benzene ring substituents is 1. The molecule has 3 rings (SSSR count). The quantitative estimate of drug-likeness (QED) is 0.198. The number of non-ortho nitro benzene ring substituents is 1. The lowest BCUT2D eigenvalue weighted by Crippen LogP contribution is -2.13. The summed E-state index contributed by atoms with van der Waals surface area (Å²) >= 11 is 0. The van der Waals surface area contributed by atoms with Crippen molar-refractivity contribution >= 4 is 23.4 Å². The third kappa shape index (κ3) is 6.43. The van der Waals surface area contributed by atoms with E-state index in [1.807, 2.05) is 44.2 Å². The highest BCUT2D eigenvalue weighted by molar-refractivity contribution is 6.09. The van der Waals surface area contributed by atoms with Gasteiger partial charge < -0.3 is 14.8 Å². The van der Waals surface area contributed by atoms with Gasteiger partial charge in [0.1, 0.15) is 18.2 Å². The molecule has 0 aliphatic rings. The minimum absolute atomic E-state index is 0.164. The molecule has 34 heavy (non-hydrogen) atoms. The number of nitrogens with one attached hydrogen (secondary N) is 1. The van der Waals surface area contributed by atoms with Gasteiger partial charge in [-0.15, -0.1) is 0 Å². The van der Waals surface area contributed by atoms with E-state index in [-0.39, 0.29) is 16.9 Å². The average Bonchev–Trinajstić information content (AvgIpc) is 2.83. The SMILES string of the molecule is CCOc1cc(/C=C(/C#N)C(=O)Nc2cccc([N+](=O)[O-])c2)ccc1OCc1ccc(C)cc1. The first kappa shape index (κ1) is 24.0. The van der Waals surface area contributed by atoms with Gasteiger partial charge in [0.05, 0.1) is 11.5 Å². The fraction of sp³-hybridized carbons (Fsp3) is 0.154. The van der Waals surface area contributed by atoms with Crippen molar-refractivity contribution in [1.82, 2.24) is 0 Å². The fourth-order valence-corrected chi connectivity index (χ4v) is 3.06. The van der Waals surface area contributed by atoms with Crippen LogP contribution in [0.5, 0.6) is 11.5 Å². The van der Waals surface area contributed by atoms with Crippen molar-refractivity contribution in [3.63, 3.8) is 0 Å². The molecule has 0 aromatic heterocycles. The van der Waals surface area contributed by atoms with Gasteiger partial charge in [0, 0.05) is 17.8 Å². The van der Waals surface area contributed by atoms with E-state index in [0.29, 0.717) is 30.3 Å². The molecule has 0 aliphatic carbocycles. The number of benzene rings is 3. The Kier molecular flexibility index (Phi) is 7.97. The topological polar surface area (TPSA) is 114 Å². The Bertz CT molecular complexity index is 1260. The molecular formula is C26H23N3O5. The van der Waals surface area contributed by atoms with Crippen LogP contribution in [0.25, 0.3) is 6.08 Å². The van der Waals surface area contributed by atoms with E-state index in [1.54, 1.807) is 18.2 Å². The van der Waals surface area contributed by atoms with E-state index >= 15 is 0 Å². The molecule has 0 heterocycles. The molecule has 0 atom stereocenters. The van der Waals surface area contributed by atoms with Crippen molar-refractivity contribution in [3.8, 4) is 17.6 Å². The number of hydrogen-bond acceptors (Lipinski definition) is 6. The Balaban J connectivity index is 1.78. The summed E-state index contributed by atoms with van der Waals surface area (Å²) in [5, 5.41) is 22.9. The lowest BCUT2D eigenvalue weighted by atomic mass is 10.1. The summed E-state index contributed by atoms with van der Waals surface area (Å²) in [5.41, 5.74) is 2.64. The molecule has 172 valence electrons. The summed E-state index contributed by atoms with van der Waals surface area (Å²) < 4.78 is 11.6. The van der Waals surface area contributed by atoms with E-state index < -0.39 is 10.8 Å². The van der Waals surface area contributed by atoms with Crippen LogP contribution in [0.1, 0.15) is 23.6 Å². The van der Waals surface area contributed by atoms with E-state index in [2.05, 4.69) is 5.32 Å². The number of carbonyl (C=O) groups is 1. The van der Waals surface area contributed by atoms with Crippen molar-refractivity contribution in [3.05, 3.63) is 99.1 Å². The number of nitro groups is 1. The maximum Gasteiger partial charge on any atom is 0.271 e. The summed E-state index contributed by atoms with van der Waals surface area (Å²) in [5.74, 6) is 0.347. The zero-order valence-corrected chi connectivity index (χ0v) is 18.8. The maximum absolute atomic E-state index is 12.6. The van der Waals surface area contributed by atoms with Crippen molar-refractivity contribution in [2.75, 3.05) is 11.9 Å². The minimum atomic E-state index is -0.680. The Morgan fingerprint density at radius 1 is 1.09 bits per heavy atom. The molecule has 0 radical (unpaired) electrons. The predicted molar refractivity (Wildman–Crippen MR) is 128 cm³/mol. The van der Waals surface area contributed by atoms with Crippen LogP contribution in [0.4, 0.5) is 11.4 Å². The number of nitriles is 1. The van der Waals surface area contributed by atoms with Crippen LogP contribution in [0.15, 0.2) is 72.3 Å². The highest BCUT2D eigenvalue weighted by atomic mass is 16.6. The van der Waals surface area contributed by atoms with Crippen LogP contribution in [0.3, 0.4) is 0 Å². The van der Waals surface area contributed by atoms with Gasteiger partial charge in [-0.2, -0.15) is 5.26 Å². The molecular weight excluding hydrogens is 434 g/mol. The number of amides is 1. The van der Waals surface area contributed by atoms with Crippen molar-refractivity contribution in [2.24, 2.45) is 0 Å². The standard InChI is InChI=1S/C26H23N3O5/c1-3-33-25-14-20(11-12-24(25)34-17-19-9-7-18(2)8-10-19)13-21(16-27)26(30)28-22-5-4-6-23(15-22)29(31)32/h4-15H,3,17H2,1-2H3,(H,28,30)/b21-13-. The van der Waals surface area contributed by atoms with E-state index in [9.17, 15) is 20.2 Å². The molecule has 3 aromatic rings. The van der Waals surface area contributed by atoms with Gasteiger partial charge in [-0.1, -0.05) is 42.0 Å². The molecule has 8 heteroatoms. The van der Waals surface area contributed by atoms with Crippen LogP contribution in [-0.4, -0.2) is 17.4 Å². The molecule has 0 unspecified atom stereocenters. The van der Waals surface area contributed by atoms with Crippen molar-refractivity contribution in [2.45, 2.75) is 20.5 Å². The minimum Gasteiger partial charge on any atom is -0.490 e. The van der Waals surface area contributed by atoms with Crippen LogP contribution in [0.2, 0.25) is 0 Å². The van der Waals surface area contributed by atoms with Gasteiger partial charge in [0.15, 0.2) is 11.5 Å². The molecule has 1 N–H and O–H groups in total. The summed E-state index contributed by atoms with van der Waals surface area (Å²) in [6.45, 7) is 4.64. The second kappa shape index (κ2) is 11.3. The van der Waals surface area contributed by atoms with Gasteiger partial charge >= 0.3 is 0 Å². The zero-order chi connectivity index (χ0) is 24.5. The lowest BCUT2D eigenvalue weighted by Gasteiger charge is -2.13. The Labute approximate surface area is 197 Å². The van der Waals surface area contributed by atoms with Crippen molar-refractivity contribution in [1.29, 1.82) is 5.26 Å². The molecule has 3 aromatic carbocycles. The summed E-state index contributed by atoms with van der Waals surface area (Å²) in [6.07, 6.45) is 1.42. The van der Waals surface area contributed by atoms with Gasteiger partial charge in [-0.3, -0.25) is 14.9 Å².